The van der Waals surface area contributed by atoms with Gasteiger partial charge in [0.05, 0.1) is 0 Å². The van der Waals surface area contributed by atoms with E-state index in [2.05, 4.69) is 127 Å². The minimum atomic E-state index is 0.193. The number of aryl methyl sites for hydroxylation is 2. The summed E-state index contributed by atoms with van der Waals surface area (Å²) in [4.78, 5) is 0. The van der Waals surface area contributed by atoms with Gasteiger partial charge < -0.3 is 10.6 Å². The van der Waals surface area contributed by atoms with Gasteiger partial charge in [0.1, 0.15) is 0 Å². The molecule has 1 aliphatic rings. The van der Waals surface area contributed by atoms with Crippen LogP contribution in [-0.2, 0) is 0 Å². The van der Waals surface area contributed by atoms with Crippen LogP contribution < -0.4 is 10.6 Å². The first-order valence-electron chi connectivity index (χ1n) is 11.9. The average molecular weight is 443 g/mol. The number of benzene rings is 1. The van der Waals surface area contributed by atoms with Crippen molar-refractivity contribution in [3.05, 3.63) is 113 Å². The quantitative estimate of drug-likeness (QED) is 0.375. The fourth-order valence-electron chi connectivity index (χ4n) is 4.50. The van der Waals surface area contributed by atoms with Crippen LogP contribution in [0.15, 0.2) is 102 Å². The van der Waals surface area contributed by atoms with Crippen molar-refractivity contribution in [2.45, 2.75) is 67.3 Å². The lowest BCUT2D eigenvalue weighted by atomic mass is 9.71. The number of allylic oxidation sites excluding steroid dienone is 9. The van der Waals surface area contributed by atoms with E-state index in [0.717, 1.165) is 23.4 Å². The second-order valence-electron chi connectivity index (χ2n) is 9.96. The molecule has 0 saturated carbocycles. The maximum absolute atomic E-state index is 4.15. The molecule has 2 heteroatoms. The predicted octanol–water partition coefficient (Wildman–Crippen LogP) is 8.47. The molecule has 0 bridgehead atoms. The number of nitrogens with one attached hydrogen (secondary N) is 2. The number of anilines is 1. The molecule has 2 N–H and O–H groups in total. The van der Waals surface area contributed by atoms with Crippen molar-refractivity contribution < 1.29 is 0 Å². The van der Waals surface area contributed by atoms with Crippen LogP contribution in [0.5, 0.6) is 0 Å². The lowest BCUT2D eigenvalue weighted by Crippen LogP contribution is -2.34. The van der Waals surface area contributed by atoms with Crippen molar-refractivity contribution in [1.29, 1.82) is 0 Å². The average Bonchev–Trinajstić information content (AvgIpc) is 2.69. The molecule has 0 aromatic heterocycles. The first kappa shape index (κ1) is 26.3. The van der Waals surface area contributed by atoms with Gasteiger partial charge in [0.15, 0.2) is 0 Å². The van der Waals surface area contributed by atoms with Crippen molar-refractivity contribution in [2.75, 3.05) is 5.32 Å². The van der Waals surface area contributed by atoms with Gasteiger partial charge in [0.25, 0.3) is 0 Å². The summed E-state index contributed by atoms with van der Waals surface area (Å²) in [6.07, 6.45) is 17.1. The van der Waals surface area contributed by atoms with Crippen LogP contribution in [-0.4, -0.2) is 6.04 Å². The van der Waals surface area contributed by atoms with Gasteiger partial charge in [-0.1, -0.05) is 69.0 Å². The van der Waals surface area contributed by atoms with Crippen molar-refractivity contribution >= 4 is 5.69 Å². The minimum Gasteiger partial charge on any atom is -0.385 e. The third-order valence-corrected chi connectivity index (χ3v) is 6.21. The Morgan fingerprint density at radius 3 is 2.33 bits per heavy atom. The van der Waals surface area contributed by atoms with E-state index in [1.165, 1.54) is 34.3 Å². The minimum absolute atomic E-state index is 0.193. The lowest BCUT2D eigenvalue weighted by Gasteiger charge is -2.37. The second kappa shape index (κ2) is 11.7. The van der Waals surface area contributed by atoms with Gasteiger partial charge in [-0.25, -0.2) is 0 Å². The molecule has 1 aromatic carbocycles. The maximum Gasteiger partial charge on any atom is 0.0471 e. The van der Waals surface area contributed by atoms with Gasteiger partial charge in [0, 0.05) is 17.4 Å². The highest BCUT2D eigenvalue weighted by atomic mass is 14.9. The Kier molecular flexibility index (Phi) is 9.34. The van der Waals surface area contributed by atoms with Gasteiger partial charge in [-0.05, 0) is 105 Å². The van der Waals surface area contributed by atoms with Gasteiger partial charge in [-0.3, -0.25) is 0 Å². The van der Waals surface area contributed by atoms with E-state index >= 15 is 0 Å². The molecule has 0 amide bonds. The Morgan fingerprint density at radius 2 is 1.70 bits per heavy atom. The van der Waals surface area contributed by atoms with Crippen LogP contribution in [0.25, 0.3) is 0 Å². The Balaban J connectivity index is 2.04. The molecular weight excluding hydrogens is 400 g/mol. The first-order valence-corrected chi connectivity index (χ1v) is 11.9. The van der Waals surface area contributed by atoms with Crippen LogP contribution in [0, 0.1) is 19.3 Å². The normalized spacial score (nSPS) is 19.3. The van der Waals surface area contributed by atoms with Crippen molar-refractivity contribution in [1.82, 2.24) is 5.32 Å². The number of rotatable bonds is 9. The standard InChI is InChI=1S/C31H42N2/c1-10-32-30-16-17-31(8,9)29(27(30)7)15-14-22(2)12-11-13-23(3)19-26(6)33-28-20-24(4)18-25(5)21-28/h10-15,18-21,30,32-33H,1,6,16-17H2,2-5,7-9H3/b13-11+,15-14+,22-12+,23-19+. The molecule has 2 rings (SSSR count). The maximum atomic E-state index is 4.15. The van der Waals surface area contributed by atoms with Crippen LogP contribution in [0.3, 0.4) is 0 Å². The number of hydrogen-bond donors (Lipinski definition) is 2. The summed E-state index contributed by atoms with van der Waals surface area (Å²) < 4.78 is 0. The Labute approximate surface area is 202 Å². The van der Waals surface area contributed by atoms with Crippen molar-refractivity contribution in [3.63, 3.8) is 0 Å². The van der Waals surface area contributed by atoms with Gasteiger partial charge in [0.2, 0.25) is 0 Å². The van der Waals surface area contributed by atoms with Crippen molar-refractivity contribution in [3.8, 4) is 0 Å². The molecule has 33 heavy (non-hydrogen) atoms. The largest absolute Gasteiger partial charge is 0.385 e. The predicted molar refractivity (Wildman–Crippen MR) is 147 cm³/mol. The third-order valence-electron chi connectivity index (χ3n) is 6.21. The van der Waals surface area contributed by atoms with Gasteiger partial charge >= 0.3 is 0 Å². The summed E-state index contributed by atoms with van der Waals surface area (Å²) in [5, 5.41) is 6.79. The molecule has 0 spiro atoms. The molecule has 0 saturated heterocycles. The summed E-state index contributed by atoms with van der Waals surface area (Å²) >= 11 is 0. The molecule has 1 aromatic rings. The topological polar surface area (TPSA) is 24.1 Å². The zero-order valence-electron chi connectivity index (χ0n) is 21.7. The molecule has 2 nitrogen and oxygen atoms in total. The Hall–Kier alpha value is -3.00. The van der Waals surface area contributed by atoms with Crippen LogP contribution in [0.1, 0.15) is 58.6 Å². The highest BCUT2D eigenvalue weighted by Crippen LogP contribution is 2.41. The van der Waals surface area contributed by atoms with Gasteiger partial charge in [-0.15, -0.1) is 0 Å². The van der Waals surface area contributed by atoms with Gasteiger partial charge in [-0.2, -0.15) is 0 Å². The monoisotopic (exact) mass is 442 g/mol. The lowest BCUT2D eigenvalue weighted by molar-refractivity contribution is 0.348. The molecule has 0 radical (unpaired) electrons. The molecule has 1 atom stereocenters. The number of hydrogen-bond acceptors (Lipinski definition) is 2. The zero-order chi connectivity index (χ0) is 24.6. The summed E-state index contributed by atoms with van der Waals surface area (Å²) in [6.45, 7) is 23.4. The fourth-order valence-corrected chi connectivity index (χ4v) is 4.50. The molecule has 176 valence electrons. The zero-order valence-corrected chi connectivity index (χ0v) is 21.7. The Morgan fingerprint density at radius 1 is 1.03 bits per heavy atom. The summed E-state index contributed by atoms with van der Waals surface area (Å²) in [7, 11) is 0. The van der Waals surface area contributed by atoms with E-state index in [1.54, 1.807) is 0 Å². The highest BCUT2D eigenvalue weighted by Gasteiger charge is 2.31. The molecular formula is C31H42N2. The molecule has 0 aliphatic heterocycles. The Bertz CT molecular complexity index is 1000. The van der Waals surface area contributed by atoms with Crippen LogP contribution in [0.2, 0.25) is 0 Å². The van der Waals surface area contributed by atoms with E-state index in [9.17, 15) is 0 Å². The third kappa shape index (κ3) is 8.13. The molecule has 1 aliphatic carbocycles. The first-order chi connectivity index (χ1) is 15.5. The van der Waals surface area contributed by atoms with E-state index in [4.69, 9.17) is 0 Å². The summed E-state index contributed by atoms with van der Waals surface area (Å²) in [5.41, 5.74) is 9.85. The van der Waals surface area contributed by atoms with Crippen molar-refractivity contribution in [2.24, 2.45) is 5.41 Å². The van der Waals surface area contributed by atoms with Crippen LogP contribution >= 0.6 is 0 Å². The van der Waals surface area contributed by atoms with E-state index in [-0.39, 0.29) is 5.41 Å². The highest BCUT2D eigenvalue weighted by molar-refractivity contribution is 5.54. The molecule has 1 unspecified atom stereocenters. The second-order valence-corrected chi connectivity index (χ2v) is 9.96. The fraction of sp³-hybridized carbons (Fsp3) is 0.355. The molecule has 0 heterocycles. The SMILES string of the molecule is C=CNC1CCC(C)(C)C(/C=C/C(C)=C/C=C/C(C)=C/C(=C)Nc2cc(C)cc(C)c2)=C1C. The smallest absolute Gasteiger partial charge is 0.0471 e. The van der Waals surface area contributed by atoms with E-state index < -0.39 is 0 Å². The van der Waals surface area contributed by atoms with Crippen LogP contribution in [0.4, 0.5) is 5.69 Å². The van der Waals surface area contributed by atoms with E-state index in [0.29, 0.717) is 6.04 Å². The summed E-state index contributed by atoms with van der Waals surface area (Å²) in [6, 6.07) is 6.83. The molecule has 0 fully saturated rings. The van der Waals surface area contributed by atoms with E-state index in [1.807, 2.05) is 6.20 Å². The summed E-state index contributed by atoms with van der Waals surface area (Å²) in [5.74, 6) is 0.